The van der Waals surface area contributed by atoms with Crippen molar-refractivity contribution in [3.63, 3.8) is 0 Å². The van der Waals surface area contributed by atoms with Crippen LogP contribution in [0.3, 0.4) is 0 Å². The van der Waals surface area contributed by atoms with Gasteiger partial charge in [-0.05, 0) is 49.9 Å². The van der Waals surface area contributed by atoms with Crippen LogP contribution in [-0.2, 0) is 24.3 Å². The van der Waals surface area contributed by atoms with Gasteiger partial charge < -0.3 is 14.6 Å². The lowest BCUT2D eigenvalue weighted by Gasteiger charge is -2.21. The third kappa shape index (κ3) is 4.88. The number of benzene rings is 1. The zero-order valence-corrected chi connectivity index (χ0v) is 21.5. The standard InChI is InChI=1S/C22H27BrN6S.CH2O2/c1-15-19(12-24-28(15)3)20-25-26-21(27(20)2)30-10-4-9-29-13-17-11-22(17,14-29)16-5-7-18(23)8-6-16;2-1-3/h5-8,12,17H,4,9-11,13-14H2,1-3H3;1H,(H,2,3)/t17-,22?;/m0./s1. The second-order valence-corrected chi connectivity index (χ2v) is 10.7. The molecular weight excluding hydrogens is 504 g/mol. The number of aromatic nitrogens is 5. The van der Waals surface area contributed by atoms with Gasteiger partial charge in [-0.15, -0.1) is 10.2 Å². The van der Waals surface area contributed by atoms with Crippen molar-refractivity contribution in [2.75, 3.05) is 25.4 Å². The average molecular weight is 533 g/mol. The van der Waals surface area contributed by atoms with Crippen molar-refractivity contribution in [3.8, 4) is 11.4 Å². The van der Waals surface area contributed by atoms with E-state index in [0.29, 0.717) is 5.41 Å². The molecule has 1 aliphatic heterocycles. The lowest BCUT2D eigenvalue weighted by molar-refractivity contribution is -0.122. The van der Waals surface area contributed by atoms with Gasteiger partial charge in [-0.3, -0.25) is 9.48 Å². The van der Waals surface area contributed by atoms with E-state index in [1.807, 2.05) is 25.0 Å². The zero-order chi connectivity index (χ0) is 23.6. The molecule has 5 rings (SSSR count). The maximum atomic E-state index is 8.36. The Balaban J connectivity index is 0.000000821. The molecule has 1 N–H and O–H groups in total. The Labute approximate surface area is 206 Å². The van der Waals surface area contributed by atoms with Gasteiger partial charge in [0.25, 0.3) is 6.47 Å². The topological polar surface area (TPSA) is 89.1 Å². The number of carbonyl (C=O) groups is 1. The summed E-state index contributed by atoms with van der Waals surface area (Å²) in [5, 5.41) is 21.0. The van der Waals surface area contributed by atoms with Crippen molar-refractivity contribution >= 4 is 34.2 Å². The van der Waals surface area contributed by atoms with Gasteiger partial charge in [0.1, 0.15) is 0 Å². The molecular formula is C23H29BrN6O2S. The highest BCUT2D eigenvalue weighted by Gasteiger charge is 2.60. The summed E-state index contributed by atoms with van der Waals surface area (Å²) in [6, 6.07) is 8.97. The number of piperidine rings is 1. The Morgan fingerprint density at radius 2 is 2.00 bits per heavy atom. The van der Waals surface area contributed by atoms with Crippen LogP contribution in [-0.4, -0.2) is 66.4 Å². The summed E-state index contributed by atoms with van der Waals surface area (Å²) >= 11 is 5.35. The number of halogens is 1. The van der Waals surface area contributed by atoms with Gasteiger partial charge >= 0.3 is 0 Å². The molecule has 3 aromatic rings. The van der Waals surface area contributed by atoms with Crippen molar-refractivity contribution in [1.29, 1.82) is 0 Å². The molecule has 1 saturated heterocycles. The molecule has 0 bridgehead atoms. The maximum absolute atomic E-state index is 8.36. The fourth-order valence-electron chi connectivity index (χ4n) is 4.83. The predicted molar refractivity (Wildman–Crippen MR) is 132 cm³/mol. The average Bonchev–Trinajstić information content (AvgIpc) is 3.03. The molecule has 8 nitrogen and oxygen atoms in total. The molecule has 2 aliphatic rings. The molecule has 1 aromatic carbocycles. The van der Waals surface area contributed by atoms with E-state index in [0.717, 1.165) is 44.9 Å². The van der Waals surface area contributed by atoms with Gasteiger partial charge in [0, 0.05) is 48.5 Å². The van der Waals surface area contributed by atoms with Crippen molar-refractivity contribution in [2.45, 2.75) is 30.3 Å². The molecule has 1 saturated carbocycles. The van der Waals surface area contributed by atoms with Gasteiger partial charge in [0.15, 0.2) is 11.0 Å². The summed E-state index contributed by atoms with van der Waals surface area (Å²) in [4.78, 5) is 11.0. The van der Waals surface area contributed by atoms with Gasteiger partial charge in [0.2, 0.25) is 0 Å². The van der Waals surface area contributed by atoms with Gasteiger partial charge in [-0.2, -0.15) is 5.10 Å². The number of hydrogen-bond acceptors (Lipinski definition) is 6. The van der Waals surface area contributed by atoms with Crippen molar-refractivity contribution in [1.82, 2.24) is 29.4 Å². The largest absolute Gasteiger partial charge is 0.483 e. The normalized spacial score (nSPS) is 21.4. The fourth-order valence-corrected chi connectivity index (χ4v) is 5.93. The van der Waals surface area contributed by atoms with E-state index in [-0.39, 0.29) is 6.47 Å². The van der Waals surface area contributed by atoms with Crippen LogP contribution >= 0.6 is 27.7 Å². The summed E-state index contributed by atoms with van der Waals surface area (Å²) in [5.41, 5.74) is 4.10. The van der Waals surface area contributed by atoms with E-state index in [1.165, 1.54) is 31.5 Å². The Bertz CT molecular complexity index is 1110. The van der Waals surface area contributed by atoms with Crippen LogP contribution in [0.15, 0.2) is 40.1 Å². The highest BCUT2D eigenvalue weighted by molar-refractivity contribution is 9.10. The molecule has 0 radical (unpaired) electrons. The Hall–Kier alpha value is -2.17. The Kier molecular flexibility index (Phi) is 7.25. The smallest absolute Gasteiger partial charge is 0.290 e. The molecule has 1 aliphatic carbocycles. The van der Waals surface area contributed by atoms with Crippen molar-refractivity contribution < 1.29 is 9.90 Å². The number of thioether (sulfide) groups is 1. The van der Waals surface area contributed by atoms with Gasteiger partial charge in [-0.25, -0.2) is 0 Å². The van der Waals surface area contributed by atoms with Crippen molar-refractivity contribution in [3.05, 3.63) is 46.2 Å². The minimum atomic E-state index is -0.250. The number of hydrogen-bond donors (Lipinski definition) is 1. The third-order valence-electron chi connectivity index (χ3n) is 6.80. The van der Waals surface area contributed by atoms with Crippen LogP contribution in [0.5, 0.6) is 0 Å². The minimum Gasteiger partial charge on any atom is -0.483 e. The second-order valence-electron chi connectivity index (χ2n) is 8.74. The molecule has 2 fully saturated rings. The maximum Gasteiger partial charge on any atom is 0.290 e. The van der Waals surface area contributed by atoms with Crippen LogP contribution in [0.1, 0.15) is 24.1 Å². The van der Waals surface area contributed by atoms with Crippen LogP contribution in [0.25, 0.3) is 11.4 Å². The van der Waals surface area contributed by atoms with Crippen molar-refractivity contribution in [2.24, 2.45) is 20.0 Å². The molecule has 1 unspecified atom stereocenters. The molecule has 176 valence electrons. The number of rotatable bonds is 7. The second kappa shape index (κ2) is 9.99. The molecule has 10 heteroatoms. The molecule has 0 amide bonds. The summed E-state index contributed by atoms with van der Waals surface area (Å²) in [6.07, 6.45) is 4.39. The Morgan fingerprint density at radius 1 is 1.27 bits per heavy atom. The van der Waals surface area contributed by atoms with E-state index in [2.05, 4.69) is 71.9 Å². The van der Waals surface area contributed by atoms with Crippen LogP contribution in [0.4, 0.5) is 0 Å². The van der Waals surface area contributed by atoms with Gasteiger partial charge in [0.05, 0.1) is 11.8 Å². The van der Waals surface area contributed by atoms with E-state index in [4.69, 9.17) is 9.90 Å². The third-order valence-corrected chi connectivity index (χ3v) is 8.43. The highest BCUT2D eigenvalue weighted by atomic mass is 79.9. The predicted octanol–water partition coefficient (Wildman–Crippen LogP) is 3.74. The summed E-state index contributed by atoms with van der Waals surface area (Å²) < 4.78 is 5.12. The molecule has 3 heterocycles. The number of nitrogens with zero attached hydrogens (tertiary/aromatic N) is 6. The fraction of sp³-hybridized carbons (Fsp3) is 0.478. The van der Waals surface area contributed by atoms with Crippen LogP contribution in [0, 0.1) is 12.8 Å². The van der Waals surface area contributed by atoms with Gasteiger partial charge in [-0.1, -0.05) is 39.8 Å². The van der Waals surface area contributed by atoms with Crippen LogP contribution in [0.2, 0.25) is 0 Å². The molecule has 0 spiro atoms. The molecule has 33 heavy (non-hydrogen) atoms. The lowest BCUT2D eigenvalue weighted by Crippen LogP contribution is -2.27. The highest BCUT2D eigenvalue weighted by Crippen LogP contribution is 2.59. The number of fused-ring (bicyclic) bond motifs is 1. The molecule has 2 atom stereocenters. The lowest BCUT2D eigenvalue weighted by atomic mass is 9.95. The van der Waals surface area contributed by atoms with E-state index in [9.17, 15) is 0 Å². The van der Waals surface area contributed by atoms with E-state index in [1.54, 1.807) is 11.8 Å². The first-order valence-electron chi connectivity index (χ1n) is 11.0. The first-order valence-corrected chi connectivity index (χ1v) is 12.7. The molecule has 2 aromatic heterocycles. The number of carboxylic acid groups (broad SMARTS) is 1. The zero-order valence-electron chi connectivity index (χ0n) is 19.1. The summed E-state index contributed by atoms with van der Waals surface area (Å²) in [5.74, 6) is 2.79. The quantitative estimate of drug-likeness (QED) is 0.281. The summed E-state index contributed by atoms with van der Waals surface area (Å²) in [7, 11) is 3.99. The van der Waals surface area contributed by atoms with Crippen LogP contribution < -0.4 is 0 Å². The van der Waals surface area contributed by atoms with E-state index >= 15 is 0 Å². The van der Waals surface area contributed by atoms with E-state index < -0.39 is 0 Å². The Morgan fingerprint density at radius 3 is 2.67 bits per heavy atom. The SMILES string of the molecule is Cc1c(-c2nnc(SCCCN3C[C@@H]4CC4(c4ccc(Br)cc4)C3)n2C)cnn1C.O=CO. The minimum absolute atomic E-state index is 0.250. The number of aryl methyl sites for hydroxylation is 1. The summed E-state index contributed by atoms with van der Waals surface area (Å²) in [6.45, 7) is 5.42. The monoisotopic (exact) mass is 532 g/mol. The number of likely N-dealkylation sites (tertiary alicyclic amines) is 1. The first kappa shape index (κ1) is 24.0. The first-order chi connectivity index (χ1) is 15.9.